The normalized spacial score (nSPS) is 11.5. The molecule has 0 aliphatic rings. The van der Waals surface area contributed by atoms with E-state index in [-0.39, 0.29) is 5.75 Å². The van der Waals surface area contributed by atoms with Crippen LogP contribution >= 0.6 is 23.1 Å². The first-order chi connectivity index (χ1) is 9.52. The van der Waals surface area contributed by atoms with Gasteiger partial charge in [-0.25, -0.2) is 4.79 Å². The van der Waals surface area contributed by atoms with Crippen LogP contribution in [0.5, 0.6) is 0 Å². The predicted octanol–water partition coefficient (Wildman–Crippen LogP) is 1.37. The minimum atomic E-state index is -0.998. The van der Waals surface area contributed by atoms with Gasteiger partial charge in [-0.15, -0.1) is 23.1 Å². The molecule has 1 rings (SSSR count). The van der Waals surface area contributed by atoms with Crippen LogP contribution in [0.15, 0.2) is 17.5 Å². The summed E-state index contributed by atoms with van der Waals surface area (Å²) < 4.78 is 4.93. The Morgan fingerprint density at radius 3 is 2.80 bits per heavy atom. The number of esters is 1. The van der Waals surface area contributed by atoms with Crippen LogP contribution in [-0.2, 0) is 20.1 Å². The zero-order valence-electron chi connectivity index (χ0n) is 11.2. The van der Waals surface area contributed by atoms with Crippen molar-refractivity contribution in [1.29, 1.82) is 0 Å². The molecule has 0 saturated heterocycles. The fourth-order valence-electron chi connectivity index (χ4n) is 1.19. The summed E-state index contributed by atoms with van der Waals surface area (Å²) >= 11 is 3.04. The first-order valence-electron chi connectivity index (χ1n) is 5.85. The molecule has 0 unspecified atom stereocenters. The third kappa shape index (κ3) is 6.07. The number of ether oxygens (including phenoxy) is 1. The Bertz CT molecular complexity index is 462. The summed E-state index contributed by atoms with van der Waals surface area (Å²) in [4.78, 5) is 35.1. The zero-order chi connectivity index (χ0) is 15.0. The van der Waals surface area contributed by atoms with Crippen LogP contribution < -0.4 is 10.6 Å². The van der Waals surface area contributed by atoms with Crippen molar-refractivity contribution in [1.82, 2.24) is 10.6 Å². The maximum atomic E-state index is 11.5. The SMILES string of the molecule is CNC(=O)NC(=O)[C@@H](C)OC(=O)CSCc1cccs1. The molecular formula is C12H16N2O4S2. The summed E-state index contributed by atoms with van der Waals surface area (Å²) in [5.41, 5.74) is 0. The molecule has 0 radical (unpaired) electrons. The van der Waals surface area contributed by atoms with Gasteiger partial charge in [0.2, 0.25) is 0 Å². The van der Waals surface area contributed by atoms with Gasteiger partial charge in [0.25, 0.3) is 5.91 Å². The lowest BCUT2D eigenvalue weighted by Crippen LogP contribution is -2.43. The van der Waals surface area contributed by atoms with Crippen molar-refractivity contribution in [3.8, 4) is 0 Å². The Morgan fingerprint density at radius 1 is 1.45 bits per heavy atom. The van der Waals surface area contributed by atoms with E-state index in [1.807, 2.05) is 22.8 Å². The molecule has 0 aromatic carbocycles. The number of nitrogens with one attached hydrogen (secondary N) is 2. The topological polar surface area (TPSA) is 84.5 Å². The molecular weight excluding hydrogens is 300 g/mol. The first-order valence-corrected chi connectivity index (χ1v) is 7.88. The van der Waals surface area contributed by atoms with Crippen LogP contribution in [0.4, 0.5) is 4.79 Å². The standard InChI is InChI=1S/C12H16N2O4S2/c1-8(11(16)14-12(17)13-2)18-10(15)7-19-6-9-4-3-5-20-9/h3-5,8H,6-7H2,1-2H3,(H2,13,14,16,17)/t8-/m1/s1. The molecule has 0 fully saturated rings. The van der Waals surface area contributed by atoms with Crippen molar-refractivity contribution >= 4 is 41.0 Å². The molecule has 8 heteroatoms. The van der Waals surface area contributed by atoms with Crippen LogP contribution in [0.1, 0.15) is 11.8 Å². The van der Waals surface area contributed by atoms with E-state index >= 15 is 0 Å². The highest BCUT2D eigenvalue weighted by Gasteiger charge is 2.19. The van der Waals surface area contributed by atoms with Crippen LogP contribution in [0.25, 0.3) is 0 Å². The van der Waals surface area contributed by atoms with Crippen LogP contribution in [0, 0.1) is 0 Å². The van der Waals surface area contributed by atoms with Crippen LogP contribution in [-0.4, -0.2) is 36.8 Å². The lowest BCUT2D eigenvalue weighted by atomic mass is 10.4. The van der Waals surface area contributed by atoms with Gasteiger partial charge in [-0.05, 0) is 18.4 Å². The van der Waals surface area contributed by atoms with E-state index in [1.165, 1.54) is 30.6 Å². The first kappa shape index (κ1) is 16.5. The highest BCUT2D eigenvalue weighted by molar-refractivity contribution is 7.99. The van der Waals surface area contributed by atoms with Gasteiger partial charge in [-0.3, -0.25) is 14.9 Å². The maximum absolute atomic E-state index is 11.5. The predicted molar refractivity (Wildman–Crippen MR) is 78.6 cm³/mol. The Kier molecular flexibility index (Phi) is 7.10. The molecule has 0 aliphatic carbocycles. The number of imide groups is 1. The molecule has 0 aliphatic heterocycles. The Balaban J connectivity index is 2.23. The summed E-state index contributed by atoms with van der Waals surface area (Å²) in [5.74, 6) is -0.242. The van der Waals surface area contributed by atoms with E-state index < -0.39 is 24.0 Å². The zero-order valence-corrected chi connectivity index (χ0v) is 12.8. The number of amides is 3. The monoisotopic (exact) mass is 316 g/mol. The average molecular weight is 316 g/mol. The largest absolute Gasteiger partial charge is 0.452 e. The van der Waals surface area contributed by atoms with Crippen molar-refractivity contribution in [2.75, 3.05) is 12.8 Å². The Labute approximate surface area is 125 Å². The number of hydrogen-bond donors (Lipinski definition) is 2. The lowest BCUT2D eigenvalue weighted by Gasteiger charge is -2.12. The summed E-state index contributed by atoms with van der Waals surface area (Å²) in [6, 6.07) is 3.30. The summed E-state index contributed by atoms with van der Waals surface area (Å²) in [7, 11) is 1.39. The molecule has 0 spiro atoms. The highest BCUT2D eigenvalue weighted by Crippen LogP contribution is 2.17. The molecule has 20 heavy (non-hydrogen) atoms. The Morgan fingerprint density at radius 2 is 2.20 bits per heavy atom. The third-order valence-corrected chi connectivity index (χ3v) is 4.20. The van der Waals surface area contributed by atoms with E-state index in [0.29, 0.717) is 0 Å². The van der Waals surface area contributed by atoms with E-state index in [9.17, 15) is 14.4 Å². The van der Waals surface area contributed by atoms with E-state index in [1.54, 1.807) is 11.3 Å². The smallest absolute Gasteiger partial charge is 0.321 e. The second-order valence-electron chi connectivity index (χ2n) is 3.77. The number of thiophene rings is 1. The van der Waals surface area contributed by atoms with Crippen molar-refractivity contribution in [2.24, 2.45) is 0 Å². The van der Waals surface area contributed by atoms with Crippen LogP contribution in [0.2, 0.25) is 0 Å². The second kappa shape index (κ2) is 8.60. The van der Waals surface area contributed by atoms with Crippen LogP contribution in [0.3, 0.4) is 0 Å². The van der Waals surface area contributed by atoms with Gasteiger partial charge in [0.1, 0.15) is 0 Å². The minimum absolute atomic E-state index is 0.162. The second-order valence-corrected chi connectivity index (χ2v) is 5.79. The van der Waals surface area contributed by atoms with Gasteiger partial charge in [0, 0.05) is 17.7 Å². The number of carbonyl (C=O) groups excluding carboxylic acids is 3. The summed E-state index contributed by atoms with van der Waals surface area (Å²) in [6.07, 6.45) is -0.998. The number of thioether (sulfide) groups is 1. The number of rotatable bonds is 6. The molecule has 6 nitrogen and oxygen atoms in total. The fraction of sp³-hybridized carbons (Fsp3) is 0.417. The van der Waals surface area contributed by atoms with Gasteiger partial charge in [0.05, 0.1) is 5.75 Å². The molecule has 1 aromatic heterocycles. The molecule has 1 aromatic rings. The van der Waals surface area contributed by atoms with Gasteiger partial charge >= 0.3 is 12.0 Å². The fourth-order valence-corrected chi connectivity index (χ4v) is 2.84. The lowest BCUT2D eigenvalue weighted by molar-refractivity contribution is -0.151. The summed E-state index contributed by atoms with van der Waals surface area (Å²) in [6.45, 7) is 1.42. The third-order valence-electron chi connectivity index (χ3n) is 2.19. The molecule has 1 atom stereocenters. The van der Waals surface area contributed by atoms with Crippen molar-refractivity contribution in [3.05, 3.63) is 22.4 Å². The minimum Gasteiger partial charge on any atom is -0.452 e. The van der Waals surface area contributed by atoms with Crippen molar-refractivity contribution in [2.45, 2.75) is 18.8 Å². The summed E-state index contributed by atoms with van der Waals surface area (Å²) in [5, 5.41) is 6.25. The molecule has 3 amide bonds. The van der Waals surface area contributed by atoms with E-state index in [2.05, 4.69) is 5.32 Å². The molecule has 0 saturated carbocycles. The van der Waals surface area contributed by atoms with E-state index in [0.717, 1.165) is 5.75 Å². The van der Waals surface area contributed by atoms with Crippen molar-refractivity contribution < 1.29 is 19.1 Å². The Hall–Kier alpha value is -1.54. The van der Waals surface area contributed by atoms with Gasteiger partial charge in [-0.1, -0.05) is 6.07 Å². The molecule has 110 valence electrons. The van der Waals surface area contributed by atoms with Gasteiger partial charge in [0.15, 0.2) is 6.10 Å². The highest BCUT2D eigenvalue weighted by atomic mass is 32.2. The van der Waals surface area contributed by atoms with Gasteiger partial charge in [-0.2, -0.15) is 0 Å². The molecule has 1 heterocycles. The number of urea groups is 1. The number of hydrogen-bond acceptors (Lipinski definition) is 6. The van der Waals surface area contributed by atoms with Crippen molar-refractivity contribution in [3.63, 3.8) is 0 Å². The molecule has 2 N–H and O–H groups in total. The quantitative estimate of drug-likeness (QED) is 0.774. The van der Waals surface area contributed by atoms with Gasteiger partial charge < -0.3 is 10.1 Å². The number of carbonyl (C=O) groups is 3. The maximum Gasteiger partial charge on any atom is 0.321 e. The molecule has 0 bridgehead atoms. The van der Waals surface area contributed by atoms with E-state index in [4.69, 9.17) is 4.74 Å². The average Bonchev–Trinajstić information content (AvgIpc) is 2.91.